The maximum Gasteiger partial charge on any atom is 0.271 e. The highest BCUT2D eigenvalue weighted by Gasteiger charge is 2.30. The van der Waals surface area contributed by atoms with E-state index in [-0.39, 0.29) is 24.7 Å². The van der Waals surface area contributed by atoms with Crippen LogP contribution in [0.4, 0.5) is 10.1 Å². The minimum atomic E-state index is -0.857. The topological polar surface area (TPSA) is 103 Å². The van der Waals surface area contributed by atoms with Crippen molar-refractivity contribution in [2.45, 2.75) is 45.8 Å². The van der Waals surface area contributed by atoms with Gasteiger partial charge in [0, 0.05) is 30.9 Å². The summed E-state index contributed by atoms with van der Waals surface area (Å²) in [6, 6.07) is 14.7. The van der Waals surface area contributed by atoms with Crippen LogP contribution in [-0.4, -0.2) is 62.6 Å². The number of fused-ring (bicyclic) bond motifs is 1. The molecule has 1 fully saturated rings. The van der Waals surface area contributed by atoms with Crippen molar-refractivity contribution < 1.29 is 19.4 Å². The molecule has 2 aromatic carbocycles. The van der Waals surface area contributed by atoms with Crippen LogP contribution in [0.2, 0.25) is 0 Å². The highest BCUT2D eigenvalue weighted by molar-refractivity contribution is 5.92. The van der Waals surface area contributed by atoms with E-state index in [0.717, 1.165) is 5.56 Å². The zero-order chi connectivity index (χ0) is 28.4. The number of aliphatic hydroxyl groups is 2. The van der Waals surface area contributed by atoms with Crippen LogP contribution in [-0.2, 0) is 12.8 Å². The summed E-state index contributed by atoms with van der Waals surface area (Å²) < 4.78 is 16.7. The van der Waals surface area contributed by atoms with Crippen LogP contribution in [0, 0.1) is 5.82 Å². The largest absolute Gasteiger partial charge is 0.389 e. The first-order chi connectivity index (χ1) is 19.3. The molecule has 0 unspecified atom stereocenters. The van der Waals surface area contributed by atoms with E-state index in [2.05, 4.69) is 40.5 Å². The number of carbonyl (C=O) groups is 1. The SMILES string of the molecule is C/C=C(/C)c1ccccc1CCNC(=O)c1cc(CC)c2nc(-c3ccc(N4C[C@H](O)[C@@H](O)C4)cc3F)cn2n1. The number of nitrogens with one attached hydrogen (secondary N) is 1. The lowest BCUT2D eigenvalue weighted by molar-refractivity contribution is 0.0572. The van der Waals surface area contributed by atoms with Gasteiger partial charge in [0.25, 0.3) is 5.91 Å². The molecular weight excluding hydrogens is 509 g/mol. The van der Waals surface area contributed by atoms with Crippen molar-refractivity contribution in [3.05, 3.63) is 89.0 Å². The molecule has 2 atom stereocenters. The summed E-state index contributed by atoms with van der Waals surface area (Å²) in [6.07, 6.45) is 3.30. The fourth-order valence-electron chi connectivity index (χ4n) is 5.11. The Morgan fingerprint density at radius 2 is 1.88 bits per heavy atom. The van der Waals surface area contributed by atoms with Crippen LogP contribution in [0.25, 0.3) is 22.5 Å². The Morgan fingerprint density at radius 1 is 1.12 bits per heavy atom. The second kappa shape index (κ2) is 11.6. The molecule has 0 radical (unpaired) electrons. The van der Waals surface area contributed by atoms with Gasteiger partial charge in [0.15, 0.2) is 5.65 Å². The van der Waals surface area contributed by atoms with E-state index in [1.807, 2.05) is 26.0 Å². The fraction of sp³-hybridized carbons (Fsp3) is 0.323. The van der Waals surface area contributed by atoms with Crippen LogP contribution in [0.3, 0.4) is 0 Å². The Balaban J connectivity index is 1.34. The van der Waals surface area contributed by atoms with Gasteiger partial charge in [0.05, 0.1) is 24.1 Å². The standard InChI is InChI=1S/C31H34FN5O3/c1-4-19(3)23-9-7-6-8-21(23)12-13-33-31(40)26-14-20(5-2)30-34-27(16-37(30)35-26)24-11-10-22(15-25(24)32)36-17-28(38)29(39)18-36/h4,6-11,14-16,28-29,38-39H,5,12-13,17-18H2,1-3H3,(H,33,40)/b19-4-/t28-,29-/m0/s1. The number of hydrogen-bond acceptors (Lipinski definition) is 6. The zero-order valence-electron chi connectivity index (χ0n) is 22.9. The lowest BCUT2D eigenvalue weighted by Crippen LogP contribution is -2.27. The van der Waals surface area contributed by atoms with Gasteiger partial charge in [-0.05, 0) is 73.2 Å². The summed E-state index contributed by atoms with van der Waals surface area (Å²) >= 11 is 0. The molecule has 5 rings (SSSR count). The normalized spacial score (nSPS) is 17.6. The van der Waals surface area contributed by atoms with Gasteiger partial charge in [0.1, 0.15) is 11.5 Å². The van der Waals surface area contributed by atoms with E-state index < -0.39 is 18.0 Å². The first-order valence-corrected chi connectivity index (χ1v) is 13.6. The van der Waals surface area contributed by atoms with Crippen molar-refractivity contribution in [1.82, 2.24) is 19.9 Å². The molecule has 3 N–H and O–H groups in total. The Kier molecular flexibility index (Phi) is 7.95. The third-order valence-electron chi connectivity index (χ3n) is 7.52. The van der Waals surface area contributed by atoms with Crippen molar-refractivity contribution in [1.29, 1.82) is 0 Å². The van der Waals surface area contributed by atoms with Crippen molar-refractivity contribution in [2.75, 3.05) is 24.5 Å². The Labute approximate surface area is 232 Å². The van der Waals surface area contributed by atoms with E-state index in [4.69, 9.17) is 0 Å². The molecule has 208 valence electrons. The van der Waals surface area contributed by atoms with Crippen molar-refractivity contribution >= 4 is 22.8 Å². The highest BCUT2D eigenvalue weighted by Crippen LogP contribution is 2.29. The molecule has 1 aliphatic heterocycles. The van der Waals surface area contributed by atoms with Gasteiger partial charge in [-0.3, -0.25) is 4.79 Å². The molecule has 1 aliphatic rings. The van der Waals surface area contributed by atoms with Gasteiger partial charge in [-0.15, -0.1) is 0 Å². The number of rotatable bonds is 8. The van der Waals surface area contributed by atoms with E-state index >= 15 is 4.39 Å². The van der Waals surface area contributed by atoms with Gasteiger partial charge in [0.2, 0.25) is 0 Å². The number of aryl methyl sites for hydroxylation is 1. The zero-order valence-corrected chi connectivity index (χ0v) is 22.9. The van der Waals surface area contributed by atoms with Crippen LogP contribution in [0.5, 0.6) is 0 Å². The second-order valence-electron chi connectivity index (χ2n) is 10.1. The number of benzene rings is 2. The van der Waals surface area contributed by atoms with Gasteiger partial charge < -0.3 is 20.4 Å². The minimum Gasteiger partial charge on any atom is -0.389 e. The fourth-order valence-corrected chi connectivity index (χ4v) is 5.11. The number of halogens is 1. The quantitative estimate of drug-likeness (QED) is 0.310. The summed E-state index contributed by atoms with van der Waals surface area (Å²) in [4.78, 5) is 19.4. The number of allylic oxidation sites excluding steroid dienone is 2. The summed E-state index contributed by atoms with van der Waals surface area (Å²) in [5.41, 5.74) is 6.49. The molecule has 0 spiro atoms. The average Bonchev–Trinajstić information content (AvgIpc) is 3.54. The third-order valence-corrected chi connectivity index (χ3v) is 7.52. The van der Waals surface area contributed by atoms with Gasteiger partial charge in [-0.25, -0.2) is 13.9 Å². The summed E-state index contributed by atoms with van der Waals surface area (Å²) in [7, 11) is 0. The summed E-state index contributed by atoms with van der Waals surface area (Å²) in [5, 5.41) is 27.1. The monoisotopic (exact) mass is 543 g/mol. The van der Waals surface area contributed by atoms with Crippen LogP contribution >= 0.6 is 0 Å². The van der Waals surface area contributed by atoms with E-state index in [1.54, 1.807) is 29.3 Å². The predicted octanol–water partition coefficient (Wildman–Crippen LogP) is 4.04. The van der Waals surface area contributed by atoms with Crippen molar-refractivity contribution in [2.24, 2.45) is 0 Å². The maximum absolute atomic E-state index is 15.2. The molecule has 0 aliphatic carbocycles. The molecule has 3 heterocycles. The second-order valence-corrected chi connectivity index (χ2v) is 10.1. The number of carbonyl (C=O) groups excluding carboxylic acids is 1. The molecule has 0 bridgehead atoms. The molecule has 0 saturated carbocycles. The van der Waals surface area contributed by atoms with Crippen molar-refractivity contribution in [3.63, 3.8) is 0 Å². The smallest absolute Gasteiger partial charge is 0.271 e. The number of nitrogens with zero attached hydrogens (tertiary/aromatic N) is 4. The Bertz CT molecular complexity index is 1570. The number of imidazole rings is 1. The number of anilines is 1. The third kappa shape index (κ3) is 5.48. The predicted molar refractivity (Wildman–Crippen MR) is 154 cm³/mol. The van der Waals surface area contributed by atoms with Crippen LogP contribution in [0.15, 0.2) is 60.8 Å². The lowest BCUT2D eigenvalue weighted by Gasteiger charge is -2.18. The number of aromatic nitrogens is 3. The lowest BCUT2D eigenvalue weighted by atomic mass is 9.98. The average molecular weight is 544 g/mol. The minimum absolute atomic E-state index is 0.241. The van der Waals surface area contributed by atoms with Crippen LogP contribution in [0.1, 0.15) is 48.0 Å². The molecule has 1 amide bonds. The molecule has 1 saturated heterocycles. The molecule has 8 nitrogen and oxygen atoms in total. The Hall–Kier alpha value is -4.08. The molecule has 9 heteroatoms. The highest BCUT2D eigenvalue weighted by atomic mass is 19.1. The van der Waals surface area contributed by atoms with Gasteiger partial charge in [-0.2, -0.15) is 5.10 Å². The first kappa shape index (κ1) is 27.5. The Morgan fingerprint density at radius 3 is 2.58 bits per heavy atom. The van der Waals surface area contributed by atoms with E-state index in [9.17, 15) is 15.0 Å². The van der Waals surface area contributed by atoms with Gasteiger partial charge in [-0.1, -0.05) is 37.3 Å². The van der Waals surface area contributed by atoms with E-state index in [1.165, 1.54) is 27.3 Å². The molecule has 40 heavy (non-hydrogen) atoms. The molecule has 4 aromatic rings. The summed E-state index contributed by atoms with van der Waals surface area (Å²) in [6.45, 7) is 7.01. The first-order valence-electron chi connectivity index (χ1n) is 13.6. The summed E-state index contributed by atoms with van der Waals surface area (Å²) in [5.74, 6) is -0.751. The molecular formula is C31H34FN5O3. The number of amides is 1. The van der Waals surface area contributed by atoms with Crippen LogP contribution < -0.4 is 10.2 Å². The number of hydrogen-bond donors (Lipinski definition) is 3. The van der Waals surface area contributed by atoms with E-state index in [0.29, 0.717) is 42.0 Å². The maximum atomic E-state index is 15.2. The molecule has 2 aromatic heterocycles. The van der Waals surface area contributed by atoms with Gasteiger partial charge >= 0.3 is 0 Å². The van der Waals surface area contributed by atoms with Crippen molar-refractivity contribution in [3.8, 4) is 11.3 Å². The number of aliphatic hydroxyl groups excluding tert-OH is 2. The number of β-amino-alcohol motifs (C(OH)–C–C–N with tert-alkyl or cyclic N) is 2.